The number of likely N-dealkylation sites (tertiary alicyclic amines) is 1. The number of primary amides is 1. The standard InChI is InChI=1S/C21H26N2O2/c1-16-14-17(8-9-19(16)25-2)15-23-12-10-21(11-13-23,20(22)24)18-6-4-3-5-7-18/h3-9,14H,10-13,15H2,1-2H3,(H2,22,24). The van der Waals surface area contributed by atoms with Crippen molar-refractivity contribution in [3.8, 4) is 5.75 Å². The van der Waals surface area contributed by atoms with Crippen LogP contribution in [0.5, 0.6) is 5.75 Å². The van der Waals surface area contributed by atoms with E-state index in [0.29, 0.717) is 0 Å². The van der Waals surface area contributed by atoms with Gasteiger partial charge in [-0.25, -0.2) is 0 Å². The Morgan fingerprint density at radius 3 is 2.40 bits per heavy atom. The fourth-order valence-electron chi connectivity index (χ4n) is 3.82. The molecule has 2 aromatic rings. The van der Waals surface area contributed by atoms with Gasteiger partial charge < -0.3 is 10.5 Å². The number of hydrogen-bond acceptors (Lipinski definition) is 3. The van der Waals surface area contributed by atoms with Crippen LogP contribution in [0.1, 0.15) is 29.5 Å². The van der Waals surface area contributed by atoms with Crippen molar-refractivity contribution in [1.29, 1.82) is 0 Å². The Kier molecular flexibility index (Phi) is 5.09. The largest absolute Gasteiger partial charge is 0.496 e. The van der Waals surface area contributed by atoms with Crippen molar-refractivity contribution in [1.82, 2.24) is 4.90 Å². The van der Waals surface area contributed by atoms with Crippen LogP contribution in [0.2, 0.25) is 0 Å². The molecular weight excluding hydrogens is 312 g/mol. The third kappa shape index (κ3) is 3.54. The molecule has 4 heteroatoms. The maximum atomic E-state index is 12.2. The number of rotatable bonds is 5. The number of carbonyl (C=O) groups is 1. The predicted octanol–water partition coefficient (Wildman–Crippen LogP) is 3.02. The fraction of sp³-hybridized carbons (Fsp3) is 0.381. The average molecular weight is 338 g/mol. The lowest BCUT2D eigenvalue weighted by molar-refractivity contribution is -0.125. The zero-order chi connectivity index (χ0) is 17.9. The molecule has 3 rings (SSSR count). The second kappa shape index (κ2) is 7.28. The van der Waals surface area contributed by atoms with Gasteiger partial charge in [0.05, 0.1) is 12.5 Å². The number of benzene rings is 2. The number of methoxy groups -OCH3 is 1. The number of hydrogen-bond donors (Lipinski definition) is 1. The van der Waals surface area contributed by atoms with E-state index in [4.69, 9.17) is 10.5 Å². The van der Waals surface area contributed by atoms with Gasteiger partial charge in [-0.15, -0.1) is 0 Å². The van der Waals surface area contributed by atoms with Crippen molar-refractivity contribution in [2.24, 2.45) is 5.73 Å². The SMILES string of the molecule is COc1ccc(CN2CCC(C(N)=O)(c3ccccc3)CC2)cc1C. The first-order valence-corrected chi connectivity index (χ1v) is 8.76. The lowest BCUT2D eigenvalue weighted by atomic mass is 9.72. The monoisotopic (exact) mass is 338 g/mol. The maximum Gasteiger partial charge on any atom is 0.228 e. The van der Waals surface area contributed by atoms with Crippen LogP contribution in [0.25, 0.3) is 0 Å². The summed E-state index contributed by atoms with van der Waals surface area (Å²) in [7, 11) is 1.69. The highest BCUT2D eigenvalue weighted by Gasteiger charge is 2.41. The molecule has 0 bridgehead atoms. The molecule has 1 amide bonds. The van der Waals surface area contributed by atoms with Gasteiger partial charge in [0, 0.05) is 6.54 Å². The maximum absolute atomic E-state index is 12.2. The summed E-state index contributed by atoms with van der Waals surface area (Å²) in [5, 5.41) is 0. The van der Waals surface area contributed by atoms with Crippen molar-refractivity contribution in [2.75, 3.05) is 20.2 Å². The van der Waals surface area contributed by atoms with Crippen molar-refractivity contribution in [3.63, 3.8) is 0 Å². The Bertz CT molecular complexity index is 735. The summed E-state index contributed by atoms with van der Waals surface area (Å²) < 4.78 is 5.33. The molecule has 0 unspecified atom stereocenters. The number of piperidine rings is 1. The van der Waals surface area contributed by atoms with Crippen molar-refractivity contribution >= 4 is 5.91 Å². The summed E-state index contributed by atoms with van der Waals surface area (Å²) in [4.78, 5) is 14.6. The Morgan fingerprint density at radius 2 is 1.84 bits per heavy atom. The average Bonchev–Trinajstić information content (AvgIpc) is 2.63. The summed E-state index contributed by atoms with van der Waals surface area (Å²) in [5.74, 6) is 0.706. The van der Waals surface area contributed by atoms with E-state index in [1.165, 1.54) is 5.56 Å². The Balaban J connectivity index is 1.70. The summed E-state index contributed by atoms with van der Waals surface area (Å²) in [6.45, 7) is 4.67. The van der Waals surface area contributed by atoms with Gasteiger partial charge in [0.1, 0.15) is 5.75 Å². The molecule has 1 heterocycles. The van der Waals surface area contributed by atoms with E-state index in [0.717, 1.165) is 49.4 Å². The molecule has 0 atom stereocenters. The van der Waals surface area contributed by atoms with Gasteiger partial charge in [-0.2, -0.15) is 0 Å². The van der Waals surface area contributed by atoms with E-state index in [2.05, 4.69) is 24.0 Å². The van der Waals surface area contributed by atoms with Gasteiger partial charge in [0.2, 0.25) is 5.91 Å². The molecule has 1 fully saturated rings. The predicted molar refractivity (Wildman–Crippen MR) is 99.6 cm³/mol. The van der Waals surface area contributed by atoms with E-state index >= 15 is 0 Å². The molecule has 2 aromatic carbocycles. The zero-order valence-electron chi connectivity index (χ0n) is 15.0. The molecule has 132 valence electrons. The van der Waals surface area contributed by atoms with E-state index in [9.17, 15) is 4.79 Å². The highest BCUT2D eigenvalue weighted by atomic mass is 16.5. The number of ether oxygens (including phenoxy) is 1. The van der Waals surface area contributed by atoms with Gasteiger partial charge in [-0.3, -0.25) is 9.69 Å². The first-order chi connectivity index (χ1) is 12.0. The Hall–Kier alpha value is -2.33. The van der Waals surface area contributed by atoms with Gasteiger partial charge in [-0.1, -0.05) is 42.5 Å². The van der Waals surface area contributed by atoms with Gasteiger partial charge in [-0.05, 0) is 55.6 Å². The molecule has 1 saturated heterocycles. The molecule has 1 aliphatic heterocycles. The lowest BCUT2D eigenvalue weighted by Crippen LogP contribution is -2.49. The fourth-order valence-corrected chi connectivity index (χ4v) is 3.82. The number of amides is 1. The van der Waals surface area contributed by atoms with Crippen molar-refractivity contribution in [3.05, 3.63) is 65.2 Å². The van der Waals surface area contributed by atoms with Crippen LogP contribution in [-0.4, -0.2) is 31.0 Å². The van der Waals surface area contributed by atoms with Crippen LogP contribution in [0.3, 0.4) is 0 Å². The van der Waals surface area contributed by atoms with Crippen LogP contribution in [-0.2, 0) is 16.8 Å². The topological polar surface area (TPSA) is 55.6 Å². The molecule has 0 radical (unpaired) electrons. The van der Waals surface area contributed by atoms with Crippen LogP contribution < -0.4 is 10.5 Å². The molecule has 0 saturated carbocycles. The lowest BCUT2D eigenvalue weighted by Gasteiger charge is -2.40. The van der Waals surface area contributed by atoms with Crippen LogP contribution >= 0.6 is 0 Å². The Labute approximate surface area is 149 Å². The summed E-state index contributed by atoms with van der Waals surface area (Å²) in [6.07, 6.45) is 1.53. The molecule has 0 aliphatic carbocycles. The first-order valence-electron chi connectivity index (χ1n) is 8.76. The Morgan fingerprint density at radius 1 is 1.16 bits per heavy atom. The molecule has 2 N–H and O–H groups in total. The number of aryl methyl sites for hydroxylation is 1. The third-order valence-corrected chi connectivity index (χ3v) is 5.37. The molecular formula is C21H26N2O2. The second-order valence-electron chi connectivity index (χ2n) is 6.89. The second-order valence-corrected chi connectivity index (χ2v) is 6.89. The minimum atomic E-state index is -0.534. The molecule has 4 nitrogen and oxygen atoms in total. The zero-order valence-corrected chi connectivity index (χ0v) is 15.0. The first kappa shape index (κ1) is 17.5. The number of nitrogens with two attached hydrogens (primary N) is 1. The van der Waals surface area contributed by atoms with E-state index in [-0.39, 0.29) is 5.91 Å². The molecule has 25 heavy (non-hydrogen) atoms. The molecule has 1 aliphatic rings. The molecule has 0 aromatic heterocycles. The van der Waals surface area contributed by atoms with Crippen LogP contribution in [0.4, 0.5) is 0 Å². The quantitative estimate of drug-likeness (QED) is 0.912. The van der Waals surface area contributed by atoms with E-state index in [1.54, 1.807) is 7.11 Å². The van der Waals surface area contributed by atoms with Gasteiger partial charge in [0.25, 0.3) is 0 Å². The van der Waals surface area contributed by atoms with Crippen molar-refractivity contribution in [2.45, 2.75) is 31.7 Å². The summed E-state index contributed by atoms with van der Waals surface area (Å²) in [5.41, 5.74) is 8.74. The number of nitrogens with zero attached hydrogens (tertiary/aromatic N) is 1. The van der Waals surface area contributed by atoms with E-state index in [1.807, 2.05) is 36.4 Å². The van der Waals surface area contributed by atoms with E-state index < -0.39 is 5.41 Å². The van der Waals surface area contributed by atoms with Gasteiger partial charge >= 0.3 is 0 Å². The minimum absolute atomic E-state index is 0.210. The minimum Gasteiger partial charge on any atom is -0.496 e. The smallest absolute Gasteiger partial charge is 0.228 e. The highest BCUT2D eigenvalue weighted by Crippen LogP contribution is 2.35. The van der Waals surface area contributed by atoms with Crippen LogP contribution in [0.15, 0.2) is 48.5 Å². The molecule has 0 spiro atoms. The van der Waals surface area contributed by atoms with Crippen LogP contribution in [0, 0.1) is 6.92 Å². The number of carbonyl (C=O) groups excluding carboxylic acids is 1. The summed E-state index contributed by atoms with van der Waals surface area (Å²) >= 11 is 0. The normalized spacial score (nSPS) is 17.2. The van der Waals surface area contributed by atoms with Gasteiger partial charge in [0.15, 0.2) is 0 Å². The highest BCUT2D eigenvalue weighted by molar-refractivity contribution is 5.86. The van der Waals surface area contributed by atoms with Crippen molar-refractivity contribution < 1.29 is 9.53 Å². The third-order valence-electron chi connectivity index (χ3n) is 5.37. The summed E-state index contributed by atoms with van der Waals surface area (Å²) in [6, 6.07) is 16.3.